The summed E-state index contributed by atoms with van der Waals surface area (Å²) < 4.78 is 15.3. The van der Waals surface area contributed by atoms with Gasteiger partial charge in [-0.25, -0.2) is 9.39 Å². The van der Waals surface area contributed by atoms with Gasteiger partial charge in [-0.1, -0.05) is 37.1 Å². The molecule has 0 atom stereocenters. The maximum Gasteiger partial charge on any atom is 0.266 e. The van der Waals surface area contributed by atoms with Gasteiger partial charge in [0.2, 0.25) is 17.5 Å². The quantitative estimate of drug-likeness (QED) is 0.276. The maximum atomic E-state index is 13.3. The van der Waals surface area contributed by atoms with E-state index in [1.165, 1.54) is 0 Å². The molecule has 182 valence electrons. The van der Waals surface area contributed by atoms with Crippen molar-refractivity contribution in [2.24, 2.45) is 4.99 Å². The number of hydrogen-bond acceptors (Lipinski definition) is 8. The summed E-state index contributed by atoms with van der Waals surface area (Å²) in [6.07, 6.45) is 5.48. The zero-order chi connectivity index (χ0) is 24.4. The topological polar surface area (TPSA) is 113 Å². The van der Waals surface area contributed by atoms with E-state index in [9.17, 15) is 4.79 Å². The number of unbranched alkanes of at least 4 members (excludes halogenated alkanes) is 2. The maximum absolute atomic E-state index is 13.3. The van der Waals surface area contributed by atoms with Gasteiger partial charge in [-0.3, -0.25) is 9.36 Å². The molecule has 0 bridgehead atoms. The lowest BCUT2D eigenvalue weighted by molar-refractivity contribution is 0.375. The number of hydrogen-bond donors (Lipinski definition) is 0. The van der Waals surface area contributed by atoms with Crippen LogP contribution in [-0.2, 0) is 25.8 Å². The van der Waals surface area contributed by atoms with Gasteiger partial charge in [0, 0.05) is 25.8 Å². The second kappa shape index (κ2) is 10.1. The highest BCUT2D eigenvalue weighted by Gasteiger charge is 2.25. The summed E-state index contributed by atoms with van der Waals surface area (Å²) in [7, 11) is 1.61. The third-order valence-corrected chi connectivity index (χ3v) is 6.54. The number of methoxy groups -OCH3 is 1. The molecule has 0 spiro atoms. The van der Waals surface area contributed by atoms with E-state index in [-0.39, 0.29) is 5.56 Å². The first-order chi connectivity index (χ1) is 17.1. The van der Waals surface area contributed by atoms with Crippen molar-refractivity contribution < 1.29 is 9.26 Å². The van der Waals surface area contributed by atoms with E-state index in [0.29, 0.717) is 66.1 Å². The average Bonchev–Trinajstić information content (AvgIpc) is 3.60. The lowest BCUT2D eigenvalue weighted by Gasteiger charge is -2.12. The van der Waals surface area contributed by atoms with Gasteiger partial charge in [0.25, 0.3) is 5.56 Å². The number of aromatic nitrogens is 6. The monoisotopic (exact) mass is 539 g/mol. The number of fused-ring (bicyclic) bond motifs is 2. The van der Waals surface area contributed by atoms with Gasteiger partial charge in [-0.15, -0.1) is 10.2 Å². The summed E-state index contributed by atoms with van der Waals surface area (Å²) in [5.74, 6) is 3.57. The first kappa shape index (κ1) is 23.4. The van der Waals surface area contributed by atoms with Crippen LogP contribution in [0.25, 0.3) is 17.2 Å². The van der Waals surface area contributed by atoms with Crippen LogP contribution < -0.4 is 10.3 Å². The van der Waals surface area contributed by atoms with E-state index < -0.39 is 0 Å². The number of ether oxygens (including phenoxy) is 1. The molecule has 0 saturated heterocycles. The largest absolute Gasteiger partial charge is 0.496 e. The van der Waals surface area contributed by atoms with Crippen LogP contribution in [0.2, 0.25) is 0 Å². The average molecular weight is 540 g/mol. The number of para-hydroxylation sites is 1. The summed E-state index contributed by atoms with van der Waals surface area (Å²) in [6, 6.07) is 7.54. The Kier molecular flexibility index (Phi) is 6.76. The first-order valence-corrected chi connectivity index (χ1v) is 12.6. The molecular weight excluding hydrogens is 514 g/mol. The Morgan fingerprint density at radius 1 is 1.14 bits per heavy atom. The number of aliphatic imine (C=N–C) groups is 1. The molecule has 35 heavy (non-hydrogen) atoms. The zero-order valence-corrected chi connectivity index (χ0v) is 21.3. The molecule has 1 aliphatic rings. The number of nitrogens with zero attached hydrogens (tertiary/aromatic N) is 7. The minimum absolute atomic E-state index is 0.101. The van der Waals surface area contributed by atoms with Crippen LogP contribution in [0.4, 0.5) is 5.82 Å². The van der Waals surface area contributed by atoms with E-state index in [2.05, 4.69) is 48.2 Å². The Labute approximate surface area is 210 Å². The number of benzene rings is 1. The second-order valence-corrected chi connectivity index (χ2v) is 9.36. The van der Waals surface area contributed by atoms with Gasteiger partial charge >= 0.3 is 0 Å². The Bertz CT molecular complexity index is 1450. The predicted molar refractivity (Wildman–Crippen MR) is 135 cm³/mol. The molecule has 0 saturated carbocycles. The Morgan fingerprint density at radius 3 is 2.83 bits per heavy atom. The molecule has 0 radical (unpaired) electrons. The smallest absolute Gasteiger partial charge is 0.266 e. The normalized spacial score (nSPS) is 12.8. The molecule has 10 nitrogen and oxygen atoms in total. The van der Waals surface area contributed by atoms with Gasteiger partial charge in [-0.05, 0) is 40.9 Å². The molecule has 4 aromatic rings. The molecule has 0 N–H and O–H groups in total. The van der Waals surface area contributed by atoms with Crippen LogP contribution in [0.5, 0.6) is 5.75 Å². The van der Waals surface area contributed by atoms with Crippen LogP contribution in [0, 0.1) is 0 Å². The summed E-state index contributed by atoms with van der Waals surface area (Å²) >= 11 is 3.47. The molecule has 0 unspecified atom stereocenters. The van der Waals surface area contributed by atoms with Crippen molar-refractivity contribution in [3.63, 3.8) is 0 Å². The number of halogens is 1. The molecule has 0 aliphatic carbocycles. The van der Waals surface area contributed by atoms with Crippen molar-refractivity contribution in [3.8, 4) is 17.1 Å². The number of aryl methyl sites for hydroxylation is 3. The van der Waals surface area contributed by atoms with Crippen molar-refractivity contribution in [3.05, 3.63) is 51.9 Å². The third kappa shape index (κ3) is 4.52. The van der Waals surface area contributed by atoms with Crippen molar-refractivity contribution >= 4 is 32.1 Å². The van der Waals surface area contributed by atoms with E-state index >= 15 is 0 Å². The highest BCUT2D eigenvalue weighted by Crippen LogP contribution is 2.29. The highest BCUT2D eigenvalue weighted by molar-refractivity contribution is 9.18. The van der Waals surface area contributed by atoms with E-state index in [1.54, 1.807) is 11.5 Å². The molecule has 11 heteroatoms. The van der Waals surface area contributed by atoms with Crippen molar-refractivity contribution in [2.75, 3.05) is 7.11 Å². The van der Waals surface area contributed by atoms with Crippen LogP contribution in [0.15, 0.2) is 38.6 Å². The van der Waals surface area contributed by atoms with E-state index in [4.69, 9.17) is 9.26 Å². The number of rotatable bonds is 10. The van der Waals surface area contributed by atoms with Crippen LogP contribution in [0.1, 0.15) is 49.9 Å². The van der Waals surface area contributed by atoms with Crippen LogP contribution in [-0.4, -0.2) is 41.0 Å². The van der Waals surface area contributed by atoms with Gasteiger partial charge < -0.3 is 9.26 Å². The molecule has 4 heterocycles. The van der Waals surface area contributed by atoms with Crippen LogP contribution in [0.3, 0.4) is 0 Å². The Morgan fingerprint density at radius 2 is 2.00 bits per heavy atom. The summed E-state index contributed by atoms with van der Waals surface area (Å²) in [5.41, 5.74) is 1.36. The highest BCUT2D eigenvalue weighted by atomic mass is 79.9. The fourth-order valence-corrected chi connectivity index (χ4v) is 4.79. The third-order valence-electron chi connectivity index (χ3n) is 6.08. The zero-order valence-electron chi connectivity index (χ0n) is 19.7. The summed E-state index contributed by atoms with van der Waals surface area (Å²) in [6.45, 7) is 2.91. The minimum atomic E-state index is -0.101. The first-order valence-electron chi connectivity index (χ1n) is 11.8. The predicted octanol–water partition coefficient (Wildman–Crippen LogP) is 4.30. The SMILES string of the molecule is CCCCCn1c2c(c(=O)n3c(CCCc4nc(-c5ccccc5OC)no4)nnc13)CC(Br)=N2. The lowest BCUT2D eigenvalue weighted by Crippen LogP contribution is -2.23. The minimum Gasteiger partial charge on any atom is -0.496 e. The van der Waals surface area contributed by atoms with E-state index in [1.807, 2.05) is 28.8 Å². The van der Waals surface area contributed by atoms with Gasteiger partial charge in [0.1, 0.15) is 17.4 Å². The Hall–Kier alpha value is -3.34. The molecule has 1 aliphatic heterocycles. The standard InChI is InChI=1S/C24H26BrN7O3/c1-3-4-7-13-31-22-16(14-18(25)26-22)23(33)32-19(28-29-24(31)32)11-8-12-20-27-21(30-35-20)15-9-5-6-10-17(15)34-2/h5-6,9-10H,3-4,7-8,11-14H2,1-2H3. The molecule has 0 amide bonds. The molecule has 5 rings (SSSR count). The fourth-order valence-electron chi connectivity index (χ4n) is 4.34. The molecule has 1 aromatic carbocycles. The van der Waals surface area contributed by atoms with E-state index in [0.717, 1.165) is 36.0 Å². The fraction of sp³-hybridized carbons (Fsp3) is 0.417. The molecule has 0 fully saturated rings. The van der Waals surface area contributed by atoms with Gasteiger partial charge in [0.15, 0.2) is 0 Å². The molecular formula is C24H26BrN7O3. The molecule has 3 aromatic heterocycles. The van der Waals surface area contributed by atoms with Gasteiger partial charge in [-0.2, -0.15) is 4.98 Å². The van der Waals surface area contributed by atoms with Crippen molar-refractivity contribution in [2.45, 2.75) is 58.4 Å². The summed E-state index contributed by atoms with van der Waals surface area (Å²) in [4.78, 5) is 22.4. The van der Waals surface area contributed by atoms with Gasteiger partial charge in [0.05, 0.1) is 22.9 Å². The van der Waals surface area contributed by atoms with Crippen molar-refractivity contribution in [1.29, 1.82) is 0 Å². The summed E-state index contributed by atoms with van der Waals surface area (Å²) in [5, 5.41) is 12.8. The second-order valence-electron chi connectivity index (χ2n) is 8.45. The Balaban J connectivity index is 1.36. The van der Waals surface area contributed by atoms with Crippen LogP contribution >= 0.6 is 15.9 Å². The lowest BCUT2D eigenvalue weighted by atomic mass is 10.2. The van der Waals surface area contributed by atoms with Crippen molar-refractivity contribution in [1.82, 2.24) is 29.3 Å².